The molecule has 0 saturated carbocycles. The summed E-state index contributed by atoms with van der Waals surface area (Å²) < 4.78 is 52.3. The molecule has 2 N–H and O–H groups in total. The van der Waals surface area contributed by atoms with Gasteiger partial charge in [0.25, 0.3) is 0 Å². The van der Waals surface area contributed by atoms with Crippen LogP contribution in [0.3, 0.4) is 0 Å². The molecule has 11 heteroatoms. The molecule has 1 amide bonds. The molecule has 0 aliphatic carbocycles. The number of nitrogens with zero attached hydrogens (tertiary/aromatic N) is 1. The van der Waals surface area contributed by atoms with E-state index >= 15 is 0 Å². The van der Waals surface area contributed by atoms with Gasteiger partial charge in [0.05, 0.1) is 28.3 Å². The van der Waals surface area contributed by atoms with Crippen molar-refractivity contribution >= 4 is 42.6 Å². The summed E-state index contributed by atoms with van der Waals surface area (Å²) in [7, 11) is -3.82. The van der Waals surface area contributed by atoms with E-state index in [0.717, 1.165) is 11.3 Å². The zero-order chi connectivity index (χ0) is 21.1. The molecule has 4 rings (SSSR count). The molecule has 0 radical (unpaired) electrons. The fraction of sp³-hybridized carbons (Fsp3) is 0.263. The van der Waals surface area contributed by atoms with Crippen molar-refractivity contribution in [3.8, 4) is 11.5 Å². The van der Waals surface area contributed by atoms with Crippen LogP contribution in [0.2, 0.25) is 0 Å². The first-order valence-corrected chi connectivity index (χ1v) is 11.5. The predicted molar refractivity (Wildman–Crippen MR) is 110 cm³/mol. The summed E-state index contributed by atoms with van der Waals surface area (Å²) in [5.41, 5.74) is 0.576. The number of halogens is 1. The van der Waals surface area contributed by atoms with Gasteiger partial charge in [-0.25, -0.2) is 22.5 Å². The molecule has 30 heavy (non-hydrogen) atoms. The second-order valence-electron chi connectivity index (χ2n) is 6.49. The van der Waals surface area contributed by atoms with E-state index in [-0.39, 0.29) is 23.7 Å². The van der Waals surface area contributed by atoms with Gasteiger partial charge in [0.15, 0.2) is 16.6 Å². The summed E-state index contributed by atoms with van der Waals surface area (Å²) in [4.78, 5) is 16.3. The summed E-state index contributed by atoms with van der Waals surface area (Å²) in [6, 6.07) is 8.55. The second kappa shape index (κ2) is 8.54. The standard InChI is InChI=1S/C19H18FN3O5S2/c20-12-2-4-14-17(10-12)29-19(22-14)23-18(24)6-7-21-30(25,26)13-3-5-15-16(11-13)28-9-1-8-27-15/h2-5,10-11,21H,1,6-9H2,(H,22,23,24). The number of amides is 1. The monoisotopic (exact) mass is 451 g/mol. The topological polar surface area (TPSA) is 107 Å². The van der Waals surface area contributed by atoms with Crippen molar-refractivity contribution in [3.63, 3.8) is 0 Å². The minimum atomic E-state index is -3.82. The zero-order valence-electron chi connectivity index (χ0n) is 15.7. The summed E-state index contributed by atoms with van der Waals surface area (Å²) in [6.07, 6.45) is 0.627. The minimum absolute atomic E-state index is 0.0281. The molecule has 0 atom stereocenters. The van der Waals surface area contributed by atoms with E-state index in [9.17, 15) is 17.6 Å². The Hall–Kier alpha value is -2.76. The highest BCUT2D eigenvalue weighted by Crippen LogP contribution is 2.32. The molecule has 1 aromatic heterocycles. The van der Waals surface area contributed by atoms with E-state index in [4.69, 9.17) is 9.47 Å². The fourth-order valence-corrected chi connectivity index (χ4v) is 4.78. The lowest BCUT2D eigenvalue weighted by molar-refractivity contribution is -0.116. The van der Waals surface area contributed by atoms with E-state index in [2.05, 4.69) is 15.0 Å². The largest absolute Gasteiger partial charge is 0.490 e. The number of aromatic nitrogens is 1. The third-order valence-corrected chi connectivity index (χ3v) is 6.66. The number of sulfonamides is 1. The van der Waals surface area contributed by atoms with Crippen molar-refractivity contribution in [1.29, 1.82) is 0 Å². The van der Waals surface area contributed by atoms with Gasteiger partial charge in [-0.1, -0.05) is 11.3 Å². The number of carbonyl (C=O) groups is 1. The first-order valence-electron chi connectivity index (χ1n) is 9.16. The van der Waals surface area contributed by atoms with Crippen molar-refractivity contribution < 1.29 is 27.1 Å². The number of hydrogen-bond acceptors (Lipinski definition) is 7. The maximum Gasteiger partial charge on any atom is 0.240 e. The molecular weight excluding hydrogens is 433 g/mol. The van der Waals surface area contributed by atoms with Gasteiger partial charge in [-0.2, -0.15) is 0 Å². The molecule has 1 aliphatic heterocycles. The number of hydrogen-bond donors (Lipinski definition) is 2. The van der Waals surface area contributed by atoms with Gasteiger partial charge in [0, 0.05) is 25.5 Å². The lowest BCUT2D eigenvalue weighted by atomic mass is 10.3. The molecule has 0 fully saturated rings. The van der Waals surface area contributed by atoms with Crippen LogP contribution >= 0.6 is 11.3 Å². The number of benzene rings is 2. The van der Waals surface area contributed by atoms with Gasteiger partial charge in [0.2, 0.25) is 15.9 Å². The number of anilines is 1. The van der Waals surface area contributed by atoms with E-state index in [0.29, 0.717) is 46.5 Å². The second-order valence-corrected chi connectivity index (χ2v) is 9.28. The Morgan fingerprint density at radius 2 is 1.93 bits per heavy atom. The molecule has 0 saturated heterocycles. The van der Waals surface area contributed by atoms with Crippen LogP contribution in [-0.2, 0) is 14.8 Å². The Kier molecular flexibility index (Phi) is 5.84. The van der Waals surface area contributed by atoms with Crippen molar-refractivity contribution in [2.75, 3.05) is 25.1 Å². The number of thiazole rings is 1. The maximum atomic E-state index is 13.3. The van der Waals surface area contributed by atoms with Crippen LogP contribution in [0.15, 0.2) is 41.3 Å². The van der Waals surface area contributed by atoms with E-state index in [1.54, 1.807) is 6.07 Å². The molecule has 0 unspecified atom stereocenters. The van der Waals surface area contributed by atoms with Crippen LogP contribution in [0.5, 0.6) is 11.5 Å². The Morgan fingerprint density at radius 3 is 2.77 bits per heavy atom. The lowest BCUT2D eigenvalue weighted by Gasteiger charge is -2.10. The molecule has 0 spiro atoms. The van der Waals surface area contributed by atoms with Crippen LogP contribution in [-0.4, -0.2) is 39.1 Å². The molecule has 0 bridgehead atoms. The fourth-order valence-electron chi connectivity index (χ4n) is 2.83. The van der Waals surface area contributed by atoms with Crippen LogP contribution in [0, 0.1) is 5.82 Å². The number of fused-ring (bicyclic) bond motifs is 2. The SMILES string of the molecule is O=C(CCNS(=O)(=O)c1ccc2c(c1)OCCCO2)Nc1nc2ccc(F)cc2s1. The van der Waals surface area contributed by atoms with Crippen molar-refractivity contribution in [3.05, 3.63) is 42.2 Å². The molecule has 8 nitrogen and oxygen atoms in total. The highest BCUT2D eigenvalue weighted by molar-refractivity contribution is 7.89. The Balaban J connectivity index is 1.34. The molecule has 158 valence electrons. The normalized spacial score (nSPS) is 13.8. The van der Waals surface area contributed by atoms with E-state index in [1.807, 2.05) is 0 Å². The third kappa shape index (κ3) is 4.69. The third-order valence-electron chi connectivity index (χ3n) is 4.27. The Bertz CT molecular complexity index is 1200. The highest BCUT2D eigenvalue weighted by Gasteiger charge is 2.19. The van der Waals surface area contributed by atoms with Gasteiger partial charge in [-0.05, 0) is 30.3 Å². The first kappa shape index (κ1) is 20.5. The van der Waals surface area contributed by atoms with Crippen molar-refractivity contribution in [1.82, 2.24) is 9.71 Å². The van der Waals surface area contributed by atoms with Crippen molar-refractivity contribution in [2.24, 2.45) is 0 Å². The minimum Gasteiger partial charge on any atom is -0.490 e. The number of rotatable bonds is 6. The summed E-state index contributed by atoms with van der Waals surface area (Å²) in [5.74, 6) is 0.0889. The molecule has 3 aromatic rings. The summed E-state index contributed by atoms with van der Waals surface area (Å²) in [5, 5.41) is 2.92. The maximum absolute atomic E-state index is 13.3. The van der Waals surface area contributed by atoms with Gasteiger partial charge in [-0.15, -0.1) is 0 Å². The zero-order valence-corrected chi connectivity index (χ0v) is 17.3. The molecule has 2 aromatic carbocycles. The first-order chi connectivity index (χ1) is 14.4. The highest BCUT2D eigenvalue weighted by atomic mass is 32.2. The van der Waals surface area contributed by atoms with Gasteiger partial charge in [0.1, 0.15) is 5.82 Å². The van der Waals surface area contributed by atoms with Crippen LogP contribution in [0.1, 0.15) is 12.8 Å². The van der Waals surface area contributed by atoms with E-state index < -0.39 is 15.9 Å². The molecule has 2 heterocycles. The lowest BCUT2D eigenvalue weighted by Crippen LogP contribution is -2.27. The molecular formula is C19H18FN3O5S2. The molecule has 1 aliphatic rings. The summed E-state index contributed by atoms with van der Waals surface area (Å²) >= 11 is 1.14. The Labute approximate surface area is 176 Å². The average Bonchev–Trinajstić information content (AvgIpc) is 2.93. The average molecular weight is 452 g/mol. The predicted octanol–water partition coefficient (Wildman–Crippen LogP) is 2.90. The number of nitrogens with one attached hydrogen (secondary N) is 2. The van der Waals surface area contributed by atoms with Gasteiger partial charge < -0.3 is 14.8 Å². The number of ether oxygens (including phenoxy) is 2. The van der Waals surface area contributed by atoms with E-state index in [1.165, 1.54) is 30.3 Å². The van der Waals surface area contributed by atoms with Gasteiger partial charge >= 0.3 is 0 Å². The quantitative estimate of drug-likeness (QED) is 0.597. The van der Waals surface area contributed by atoms with Gasteiger partial charge in [-0.3, -0.25) is 4.79 Å². The van der Waals surface area contributed by atoms with Crippen LogP contribution in [0.25, 0.3) is 10.2 Å². The summed E-state index contributed by atoms with van der Waals surface area (Å²) in [6.45, 7) is 0.862. The Morgan fingerprint density at radius 1 is 1.13 bits per heavy atom. The van der Waals surface area contributed by atoms with Crippen LogP contribution in [0.4, 0.5) is 9.52 Å². The number of carbonyl (C=O) groups excluding carboxylic acids is 1. The van der Waals surface area contributed by atoms with Crippen molar-refractivity contribution in [2.45, 2.75) is 17.7 Å². The van der Waals surface area contributed by atoms with Crippen LogP contribution < -0.4 is 19.5 Å². The smallest absolute Gasteiger partial charge is 0.240 e.